The van der Waals surface area contributed by atoms with Gasteiger partial charge in [-0.05, 0) is 81.2 Å². The fourth-order valence-corrected chi connectivity index (χ4v) is 7.85. The van der Waals surface area contributed by atoms with Crippen molar-refractivity contribution >= 4 is 32.7 Å². The third-order valence-corrected chi connectivity index (χ3v) is 10.3. The maximum atomic E-state index is 6.27. The zero-order chi connectivity index (χ0) is 34.9. The van der Waals surface area contributed by atoms with Crippen molar-refractivity contribution in [1.29, 1.82) is 0 Å². The third kappa shape index (κ3) is 4.79. The van der Waals surface area contributed by atoms with Crippen LogP contribution < -0.4 is 0 Å². The number of aromatic nitrogens is 4. The molecule has 5 heteroatoms. The van der Waals surface area contributed by atoms with Crippen LogP contribution in [0.4, 0.5) is 0 Å². The molecule has 5 nitrogen and oxygen atoms in total. The summed E-state index contributed by atoms with van der Waals surface area (Å²) in [7, 11) is 0. The smallest absolute Gasteiger partial charge is 0.164 e. The molecule has 0 saturated carbocycles. The Morgan fingerprint density at radius 1 is 0.358 bits per heavy atom. The third-order valence-electron chi connectivity index (χ3n) is 10.3. The summed E-state index contributed by atoms with van der Waals surface area (Å²) < 4.78 is 6.27. The minimum Gasteiger partial charge on any atom is -0.456 e. The van der Waals surface area contributed by atoms with Gasteiger partial charge in [0, 0.05) is 44.6 Å². The lowest BCUT2D eigenvalue weighted by atomic mass is 9.96. The van der Waals surface area contributed by atoms with Crippen LogP contribution in [-0.2, 0) is 0 Å². The molecule has 0 aliphatic heterocycles. The Labute approximate surface area is 304 Å². The molecule has 0 amide bonds. The predicted octanol–water partition coefficient (Wildman–Crippen LogP) is 12.3. The number of fused-ring (bicyclic) bond motifs is 6. The second-order valence-corrected chi connectivity index (χ2v) is 13.4. The van der Waals surface area contributed by atoms with E-state index in [9.17, 15) is 0 Å². The zero-order valence-electron chi connectivity index (χ0n) is 28.4. The minimum absolute atomic E-state index is 0.591. The van der Waals surface area contributed by atoms with Crippen LogP contribution >= 0.6 is 0 Å². The van der Waals surface area contributed by atoms with Crippen molar-refractivity contribution in [3.8, 4) is 78.8 Å². The first kappa shape index (κ1) is 29.5. The summed E-state index contributed by atoms with van der Waals surface area (Å²) in [6.07, 6.45) is 1.91. The van der Waals surface area contributed by atoms with Crippen LogP contribution in [0.3, 0.4) is 0 Å². The molecule has 1 aliphatic carbocycles. The fraction of sp³-hybridized carbons (Fsp3) is 0. The van der Waals surface area contributed by atoms with Gasteiger partial charge in [0.1, 0.15) is 11.2 Å². The molecule has 246 valence electrons. The molecule has 0 N–H and O–H groups in total. The number of nitrogens with zero attached hydrogens (tertiary/aromatic N) is 4. The number of furan rings is 1. The first-order valence-corrected chi connectivity index (χ1v) is 17.7. The van der Waals surface area contributed by atoms with E-state index in [1.807, 2.05) is 42.6 Å². The first-order valence-electron chi connectivity index (χ1n) is 17.7. The second kappa shape index (κ2) is 11.7. The number of hydrogen-bond donors (Lipinski definition) is 0. The molecule has 1 aliphatic rings. The Morgan fingerprint density at radius 3 is 1.77 bits per heavy atom. The minimum atomic E-state index is 0.591. The molecular formula is C48H28N4O. The number of para-hydroxylation sites is 1. The molecule has 0 unspecified atom stereocenters. The molecule has 0 atom stereocenters. The fourth-order valence-electron chi connectivity index (χ4n) is 7.85. The summed E-state index contributed by atoms with van der Waals surface area (Å²) in [6.45, 7) is 0. The van der Waals surface area contributed by atoms with Gasteiger partial charge >= 0.3 is 0 Å². The van der Waals surface area contributed by atoms with Crippen LogP contribution in [0.2, 0.25) is 0 Å². The van der Waals surface area contributed by atoms with Gasteiger partial charge in [-0.3, -0.25) is 4.98 Å². The van der Waals surface area contributed by atoms with Crippen molar-refractivity contribution in [1.82, 2.24) is 19.9 Å². The highest BCUT2D eigenvalue weighted by atomic mass is 16.3. The Hall–Kier alpha value is -7.24. The second-order valence-electron chi connectivity index (χ2n) is 13.4. The number of hydrogen-bond acceptors (Lipinski definition) is 5. The van der Waals surface area contributed by atoms with Crippen LogP contribution in [0.25, 0.3) is 112 Å². The SMILES string of the molecule is c1ccc(-c2cccc(-c3nc(-c4cccc(-c5cc6c7c(nccc7c5)-c5ccccc5-6)c4)nc(-c4cccc5oc6ccccc6c45)n3)c2)cc1. The molecular weight excluding hydrogens is 649 g/mol. The van der Waals surface area contributed by atoms with Gasteiger partial charge in [0.15, 0.2) is 17.5 Å². The Bertz CT molecular complexity index is 3070. The van der Waals surface area contributed by atoms with Gasteiger partial charge in [-0.2, -0.15) is 0 Å². The Morgan fingerprint density at radius 2 is 0.962 bits per heavy atom. The molecule has 0 radical (unpaired) electrons. The van der Waals surface area contributed by atoms with Gasteiger partial charge in [-0.15, -0.1) is 0 Å². The van der Waals surface area contributed by atoms with E-state index in [0.29, 0.717) is 17.5 Å². The average Bonchev–Trinajstić information content (AvgIpc) is 3.78. The molecule has 3 heterocycles. The van der Waals surface area contributed by atoms with Gasteiger partial charge in [-0.1, -0.05) is 121 Å². The zero-order valence-corrected chi connectivity index (χ0v) is 28.4. The predicted molar refractivity (Wildman–Crippen MR) is 214 cm³/mol. The largest absolute Gasteiger partial charge is 0.456 e. The summed E-state index contributed by atoms with van der Waals surface area (Å²) in [5.41, 5.74) is 13.5. The maximum Gasteiger partial charge on any atom is 0.164 e. The van der Waals surface area contributed by atoms with Crippen molar-refractivity contribution in [2.45, 2.75) is 0 Å². The van der Waals surface area contributed by atoms with Gasteiger partial charge in [0.25, 0.3) is 0 Å². The summed E-state index contributed by atoms with van der Waals surface area (Å²) >= 11 is 0. The highest BCUT2D eigenvalue weighted by molar-refractivity contribution is 6.15. The van der Waals surface area contributed by atoms with E-state index >= 15 is 0 Å². The van der Waals surface area contributed by atoms with Crippen molar-refractivity contribution in [2.75, 3.05) is 0 Å². The van der Waals surface area contributed by atoms with Crippen LogP contribution in [0.1, 0.15) is 0 Å². The molecule has 11 rings (SSSR count). The highest BCUT2D eigenvalue weighted by Gasteiger charge is 2.23. The first-order chi connectivity index (χ1) is 26.2. The molecule has 0 bridgehead atoms. The van der Waals surface area contributed by atoms with Gasteiger partial charge in [-0.25, -0.2) is 15.0 Å². The molecule has 7 aromatic carbocycles. The quantitative estimate of drug-likeness (QED) is 0.181. The van der Waals surface area contributed by atoms with Crippen LogP contribution in [0.5, 0.6) is 0 Å². The summed E-state index contributed by atoms with van der Waals surface area (Å²) in [4.78, 5) is 20.3. The number of rotatable bonds is 5. The summed E-state index contributed by atoms with van der Waals surface area (Å²) in [5.74, 6) is 1.80. The van der Waals surface area contributed by atoms with Crippen molar-refractivity contribution in [3.63, 3.8) is 0 Å². The van der Waals surface area contributed by atoms with Crippen LogP contribution in [0.15, 0.2) is 174 Å². The average molecular weight is 677 g/mol. The van der Waals surface area contributed by atoms with Crippen molar-refractivity contribution in [3.05, 3.63) is 170 Å². The maximum absolute atomic E-state index is 6.27. The van der Waals surface area contributed by atoms with E-state index in [0.717, 1.165) is 66.6 Å². The van der Waals surface area contributed by atoms with Gasteiger partial charge in [0.05, 0.1) is 5.69 Å². The van der Waals surface area contributed by atoms with E-state index in [2.05, 4.69) is 127 Å². The lowest BCUT2D eigenvalue weighted by molar-refractivity contribution is 0.669. The topological polar surface area (TPSA) is 64.7 Å². The van der Waals surface area contributed by atoms with Gasteiger partial charge in [0.2, 0.25) is 0 Å². The Kier molecular flexibility index (Phi) is 6.48. The van der Waals surface area contributed by atoms with Gasteiger partial charge < -0.3 is 4.42 Å². The highest BCUT2D eigenvalue weighted by Crippen LogP contribution is 2.47. The Balaban J connectivity index is 1.10. The van der Waals surface area contributed by atoms with E-state index in [1.165, 1.54) is 27.5 Å². The molecule has 53 heavy (non-hydrogen) atoms. The molecule has 0 spiro atoms. The molecule has 3 aromatic heterocycles. The number of benzene rings is 7. The van der Waals surface area contributed by atoms with Crippen LogP contribution in [-0.4, -0.2) is 19.9 Å². The summed E-state index contributed by atoms with van der Waals surface area (Å²) in [6, 6.07) is 56.7. The van der Waals surface area contributed by atoms with E-state index in [4.69, 9.17) is 24.4 Å². The van der Waals surface area contributed by atoms with E-state index < -0.39 is 0 Å². The molecule has 10 aromatic rings. The normalized spacial score (nSPS) is 11.8. The van der Waals surface area contributed by atoms with Crippen molar-refractivity contribution < 1.29 is 4.42 Å². The summed E-state index contributed by atoms with van der Waals surface area (Å²) in [5, 5.41) is 4.40. The lowest BCUT2D eigenvalue weighted by Crippen LogP contribution is -2.00. The van der Waals surface area contributed by atoms with E-state index in [-0.39, 0.29) is 0 Å². The molecule has 0 saturated heterocycles. The lowest BCUT2D eigenvalue weighted by Gasteiger charge is -2.12. The molecule has 0 fully saturated rings. The van der Waals surface area contributed by atoms with Crippen LogP contribution in [0, 0.1) is 0 Å². The van der Waals surface area contributed by atoms with E-state index in [1.54, 1.807) is 0 Å². The standard InChI is InChI=1S/C48H28N4O/c1-2-11-29(12-3-1)30-13-8-15-33(25-30)46-50-47(52-48(51-46)39-20-10-22-42-44(39)38-19-6-7-21-41(38)53-42)34-16-9-14-31(26-34)35-27-32-23-24-49-45-37-18-5-4-17-36(37)40(28-35)43(32)45/h1-28H. The monoisotopic (exact) mass is 676 g/mol. The number of pyridine rings is 1. The van der Waals surface area contributed by atoms with Crippen molar-refractivity contribution in [2.24, 2.45) is 0 Å².